The first-order chi connectivity index (χ1) is 5.81. The van der Waals surface area contributed by atoms with Crippen molar-refractivity contribution < 1.29 is 4.79 Å². The lowest BCUT2D eigenvalue weighted by molar-refractivity contribution is -0.104. The van der Waals surface area contributed by atoms with Crippen molar-refractivity contribution >= 4 is 53.3 Å². The molecule has 0 amide bonds. The van der Waals surface area contributed by atoms with E-state index in [0.29, 0.717) is 0 Å². The lowest BCUT2D eigenvalue weighted by Gasteiger charge is -1.94. The minimum Gasteiger partial charge on any atom is -0.298 e. The Bertz CT molecular complexity index is 226. The minimum absolute atomic E-state index is 0.844. The molecule has 1 nitrogen and oxygen atoms in total. The molecule has 12 heavy (non-hydrogen) atoms. The van der Waals surface area contributed by atoms with Crippen molar-refractivity contribution in [1.29, 1.82) is 0 Å². The van der Waals surface area contributed by atoms with Gasteiger partial charge in [-0.1, -0.05) is 23.5 Å². The van der Waals surface area contributed by atoms with E-state index in [2.05, 4.69) is 12.5 Å². The van der Waals surface area contributed by atoms with Crippen LogP contribution in [0.25, 0.3) is 0 Å². The summed E-state index contributed by atoms with van der Waals surface area (Å²) in [6.45, 7) is 0. The van der Waals surface area contributed by atoms with Crippen LogP contribution in [0.4, 0.5) is 0 Å². The Balaban J connectivity index is 2.71. The van der Waals surface area contributed by atoms with Crippen molar-refractivity contribution in [3.8, 4) is 0 Å². The number of aldehydes is 1. The third-order valence-electron chi connectivity index (χ3n) is 1.13. The zero-order valence-corrected chi connectivity index (χ0v) is 9.96. The Morgan fingerprint density at radius 3 is 2.00 bits per heavy atom. The van der Waals surface area contributed by atoms with Crippen LogP contribution in [0.3, 0.4) is 0 Å². The molecular weight excluding hydrogens is 228 g/mol. The van der Waals surface area contributed by atoms with Crippen LogP contribution in [0.15, 0.2) is 18.8 Å². The molecule has 0 radical (unpaired) electrons. The number of hydrogen-bond acceptors (Lipinski definition) is 5. The fourth-order valence-electron chi connectivity index (χ4n) is 0.660. The van der Waals surface area contributed by atoms with E-state index in [4.69, 9.17) is 0 Å². The van der Waals surface area contributed by atoms with E-state index in [1.807, 2.05) is 0 Å². The summed E-state index contributed by atoms with van der Waals surface area (Å²) in [5.41, 5.74) is 0. The lowest BCUT2D eigenvalue weighted by Crippen LogP contribution is -1.63. The fraction of sp³-hybridized carbons (Fsp3) is 0.286. The van der Waals surface area contributed by atoms with E-state index in [9.17, 15) is 4.79 Å². The maximum absolute atomic E-state index is 10.2. The van der Waals surface area contributed by atoms with Gasteiger partial charge in [0.1, 0.15) is 6.29 Å². The number of rotatable bonds is 3. The first-order valence-corrected chi connectivity index (χ1v) is 7.23. The highest BCUT2D eigenvalue weighted by molar-refractivity contribution is 8.40. The summed E-state index contributed by atoms with van der Waals surface area (Å²) in [6, 6.07) is 0. The second-order valence-electron chi connectivity index (χ2n) is 1.81. The van der Waals surface area contributed by atoms with Crippen molar-refractivity contribution in [3.05, 3.63) is 18.8 Å². The Hall–Kier alpha value is 0.550. The molecule has 1 heterocycles. The molecule has 1 aliphatic heterocycles. The van der Waals surface area contributed by atoms with Crippen LogP contribution in [-0.4, -0.2) is 18.8 Å². The Kier molecular flexibility index (Phi) is 4.71. The number of carbonyl (C=O) groups is 1. The van der Waals surface area contributed by atoms with Crippen LogP contribution >= 0.6 is 47.0 Å². The maximum atomic E-state index is 10.2. The van der Waals surface area contributed by atoms with E-state index >= 15 is 0 Å². The zero-order valence-electron chi connectivity index (χ0n) is 6.70. The molecule has 0 aromatic rings. The molecule has 0 bridgehead atoms. The molecule has 0 aromatic carbocycles. The topological polar surface area (TPSA) is 17.1 Å². The molecule has 0 saturated carbocycles. The van der Waals surface area contributed by atoms with E-state index in [-0.39, 0.29) is 0 Å². The predicted octanol–water partition coefficient (Wildman–Crippen LogP) is 3.36. The highest BCUT2D eigenvalue weighted by Crippen LogP contribution is 2.55. The molecule has 0 atom stereocenters. The smallest absolute Gasteiger partial charge is 0.144 e. The summed E-state index contributed by atoms with van der Waals surface area (Å²) < 4.78 is 3.69. The molecule has 5 heteroatoms. The Labute approximate surface area is 89.2 Å². The van der Waals surface area contributed by atoms with Gasteiger partial charge in [0, 0.05) is 0 Å². The summed E-state index contributed by atoms with van der Waals surface area (Å²) in [5.74, 6) is 0. The van der Waals surface area contributed by atoms with Crippen LogP contribution in [0.5, 0.6) is 0 Å². The summed E-state index contributed by atoms with van der Waals surface area (Å²) >= 11 is 6.84. The van der Waals surface area contributed by atoms with Crippen LogP contribution < -0.4 is 0 Å². The van der Waals surface area contributed by atoms with Gasteiger partial charge in [0.05, 0.1) is 12.7 Å². The maximum Gasteiger partial charge on any atom is 0.144 e. The Morgan fingerprint density at radius 2 is 1.67 bits per heavy atom. The van der Waals surface area contributed by atoms with Crippen LogP contribution in [0.1, 0.15) is 0 Å². The number of allylic oxidation sites excluding steroid dienone is 1. The first-order valence-electron chi connectivity index (χ1n) is 3.15. The molecule has 1 aliphatic rings. The van der Waals surface area contributed by atoms with Crippen molar-refractivity contribution in [1.82, 2.24) is 0 Å². The summed E-state index contributed by atoms with van der Waals surface area (Å²) in [5, 5.41) is 0. The summed E-state index contributed by atoms with van der Waals surface area (Å²) in [6.07, 6.45) is 6.58. The molecule has 66 valence electrons. The van der Waals surface area contributed by atoms with Gasteiger partial charge in [0.15, 0.2) is 0 Å². The SMILES string of the molecule is CSC1=C(SC)SC(=CC=O)S1. The molecule has 0 fully saturated rings. The van der Waals surface area contributed by atoms with E-state index in [0.717, 1.165) is 10.5 Å². The van der Waals surface area contributed by atoms with Crippen molar-refractivity contribution in [2.75, 3.05) is 12.5 Å². The van der Waals surface area contributed by atoms with E-state index in [1.54, 1.807) is 53.1 Å². The number of hydrogen-bond donors (Lipinski definition) is 0. The number of carbonyl (C=O) groups excluding carboxylic acids is 1. The molecule has 0 spiro atoms. The third kappa shape index (κ3) is 2.52. The predicted molar refractivity (Wildman–Crippen MR) is 63.4 cm³/mol. The number of thioether (sulfide) groups is 4. The molecular formula is C7H8OS4. The van der Waals surface area contributed by atoms with E-state index < -0.39 is 0 Å². The lowest BCUT2D eigenvalue weighted by atomic mass is 10.7. The summed E-state index contributed by atoms with van der Waals surface area (Å²) in [4.78, 5) is 10.2. The van der Waals surface area contributed by atoms with Crippen LogP contribution in [0, 0.1) is 0 Å². The van der Waals surface area contributed by atoms with Gasteiger partial charge in [-0.25, -0.2) is 0 Å². The third-order valence-corrected chi connectivity index (χ3v) is 6.25. The highest BCUT2D eigenvalue weighted by atomic mass is 32.3. The van der Waals surface area contributed by atoms with Gasteiger partial charge in [-0.3, -0.25) is 4.79 Å². The second-order valence-corrected chi connectivity index (χ2v) is 6.32. The van der Waals surface area contributed by atoms with E-state index in [1.165, 1.54) is 8.47 Å². The van der Waals surface area contributed by atoms with Gasteiger partial charge < -0.3 is 0 Å². The minimum atomic E-state index is 0.844. The van der Waals surface area contributed by atoms with Gasteiger partial charge in [-0.2, -0.15) is 0 Å². The monoisotopic (exact) mass is 236 g/mol. The first kappa shape index (κ1) is 10.6. The second kappa shape index (κ2) is 5.32. The fourth-order valence-corrected chi connectivity index (χ4v) is 5.46. The van der Waals surface area contributed by atoms with Crippen molar-refractivity contribution in [2.45, 2.75) is 0 Å². The van der Waals surface area contributed by atoms with Crippen LogP contribution in [-0.2, 0) is 4.79 Å². The molecule has 0 aromatic heterocycles. The Morgan fingerprint density at radius 1 is 1.17 bits per heavy atom. The zero-order chi connectivity index (χ0) is 8.97. The van der Waals surface area contributed by atoms with Gasteiger partial charge >= 0.3 is 0 Å². The quantitative estimate of drug-likeness (QED) is 0.550. The standard InChI is InChI=1S/C7H8OS4/c1-9-6-7(10-2)12-5(11-6)3-4-8/h3-4H,1-2H3. The molecule has 0 N–H and O–H groups in total. The largest absolute Gasteiger partial charge is 0.298 e. The average molecular weight is 236 g/mol. The molecule has 0 unspecified atom stereocenters. The van der Waals surface area contributed by atoms with Crippen LogP contribution in [0.2, 0.25) is 0 Å². The normalized spacial score (nSPS) is 17.0. The highest BCUT2D eigenvalue weighted by Gasteiger charge is 2.19. The average Bonchev–Trinajstić information content (AvgIpc) is 2.48. The molecule has 1 rings (SSSR count). The van der Waals surface area contributed by atoms with Gasteiger partial charge in [0.2, 0.25) is 0 Å². The molecule has 0 saturated heterocycles. The van der Waals surface area contributed by atoms with Gasteiger partial charge in [-0.15, -0.1) is 23.5 Å². The van der Waals surface area contributed by atoms with Gasteiger partial charge in [-0.05, 0) is 18.6 Å². The van der Waals surface area contributed by atoms with Gasteiger partial charge in [0.25, 0.3) is 0 Å². The molecule has 0 aliphatic carbocycles. The van der Waals surface area contributed by atoms with Crippen molar-refractivity contribution in [3.63, 3.8) is 0 Å². The van der Waals surface area contributed by atoms with Crippen molar-refractivity contribution in [2.24, 2.45) is 0 Å². The summed E-state index contributed by atoms with van der Waals surface area (Å²) in [7, 11) is 0.